The molecule has 1 saturated heterocycles. The van der Waals surface area contributed by atoms with E-state index in [0.717, 1.165) is 35.5 Å². The van der Waals surface area contributed by atoms with E-state index in [9.17, 15) is 9.59 Å². The number of rotatable bonds is 18. The Kier molecular flexibility index (Phi) is 21.2. The first-order valence-electron chi connectivity index (χ1n) is 18.1. The van der Waals surface area contributed by atoms with Gasteiger partial charge in [-0.1, -0.05) is 76.6 Å². The van der Waals surface area contributed by atoms with E-state index >= 15 is 0 Å². The molecular weight excluding hydrogens is 636 g/mol. The van der Waals surface area contributed by atoms with E-state index in [-0.39, 0.29) is 0 Å². The fourth-order valence-corrected chi connectivity index (χ4v) is 4.84. The molecule has 1 aliphatic heterocycles. The van der Waals surface area contributed by atoms with Gasteiger partial charge in [0.15, 0.2) is 0 Å². The second-order valence-electron chi connectivity index (χ2n) is 12.0. The molecule has 276 valence electrons. The number of hydrogen-bond acceptors (Lipinski definition) is 12. The number of nitrogens with one attached hydrogen (secondary N) is 4. The van der Waals surface area contributed by atoms with Gasteiger partial charge in [0.25, 0.3) is 0 Å². The molecule has 1 fully saturated rings. The van der Waals surface area contributed by atoms with Gasteiger partial charge < -0.3 is 40.4 Å². The molecule has 2 aromatic carbocycles. The van der Waals surface area contributed by atoms with Crippen molar-refractivity contribution in [3.05, 3.63) is 71.8 Å². The predicted molar refractivity (Wildman–Crippen MR) is 198 cm³/mol. The summed E-state index contributed by atoms with van der Waals surface area (Å²) >= 11 is 0. The number of ether oxygens (including phenoxy) is 2. The average Bonchev–Trinajstić information content (AvgIpc) is 3.13. The Balaban J connectivity index is 1.35. The highest BCUT2D eigenvalue weighted by Gasteiger charge is 2.12. The molecule has 0 aromatic heterocycles. The zero-order valence-corrected chi connectivity index (χ0v) is 30.0. The Morgan fingerprint density at radius 3 is 1.26 bits per heavy atom. The minimum atomic E-state index is -0.465. The van der Waals surface area contributed by atoms with Gasteiger partial charge in [0.1, 0.15) is 11.5 Å². The van der Waals surface area contributed by atoms with Gasteiger partial charge in [-0.3, -0.25) is 0 Å². The smallest absolute Gasteiger partial charge is 0.349 e. The standard InChI is InChI=1S/C38H58N6O6/c1-3-5-7-9-27-47-35-17-11-33(12-18-35)15-21-37(45)49-43-29-39-23-25-41-31-44(32-42-26-24-40-30-43)50-38(46)22-16-34-13-19-36(20-14-34)48-28-10-8-6-4-2/h11-22,39-42H,3-10,23-32H2,1-2H3/b21-15+,22-16+. The molecule has 3 rings (SSSR count). The van der Waals surface area contributed by atoms with Crippen LogP contribution in [0.5, 0.6) is 11.5 Å². The highest BCUT2D eigenvalue weighted by Crippen LogP contribution is 2.15. The molecule has 0 amide bonds. The summed E-state index contributed by atoms with van der Waals surface area (Å²) < 4.78 is 11.6. The number of hydroxylamine groups is 4. The molecule has 12 heteroatoms. The second kappa shape index (κ2) is 26.1. The van der Waals surface area contributed by atoms with Crippen molar-refractivity contribution in [3.63, 3.8) is 0 Å². The number of unbranched alkanes of at least 4 members (excludes halogenated alkanes) is 6. The normalized spacial score (nSPS) is 15.9. The molecule has 0 saturated carbocycles. The topological polar surface area (TPSA) is 126 Å². The average molecular weight is 695 g/mol. The Hall–Kier alpha value is -3.78. The van der Waals surface area contributed by atoms with Gasteiger partial charge in [-0.05, 0) is 60.4 Å². The third kappa shape index (κ3) is 18.8. The van der Waals surface area contributed by atoms with E-state index in [2.05, 4.69) is 35.1 Å². The second-order valence-corrected chi connectivity index (χ2v) is 12.0. The molecule has 12 nitrogen and oxygen atoms in total. The molecule has 1 heterocycles. The van der Waals surface area contributed by atoms with Crippen LogP contribution in [0.2, 0.25) is 0 Å². The van der Waals surface area contributed by atoms with Crippen LogP contribution in [0.3, 0.4) is 0 Å². The molecule has 0 unspecified atom stereocenters. The molecule has 0 spiro atoms. The molecule has 0 atom stereocenters. The molecule has 2 aromatic rings. The van der Waals surface area contributed by atoms with E-state index in [1.54, 1.807) is 22.3 Å². The first kappa shape index (κ1) is 40.6. The van der Waals surface area contributed by atoms with Gasteiger partial charge in [-0.2, -0.15) is 0 Å². The number of carbonyl (C=O) groups is 2. The summed E-state index contributed by atoms with van der Waals surface area (Å²) in [5.74, 6) is 0.720. The van der Waals surface area contributed by atoms with E-state index in [1.807, 2.05) is 48.5 Å². The maximum absolute atomic E-state index is 12.6. The largest absolute Gasteiger partial charge is 0.494 e. The van der Waals surface area contributed by atoms with Crippen LogP contribution in [0.25, 0.3) is 12.2 Å². The van der Waals surface area contributed by atoms with Crippen LogP contribution in [0.1, 0.15) is 76.3 Å². The molecule has 1 aliphatic rings. The monoisotopic (exact) mass is 694 g/mol. The van der Waals surface area contributed by atoms with Crippen LogP contribution in [0.4, 0.5) is 0 Å². The van der Waals surface area contributed by atoms with Gasteiger partial charge in [-0.25, -0.2) is 9.59 Å². The van der Waals surface area contributed by atoms with E-state index < -0.39 is 11.9 Å². The van der Waals surface area contributed by atoms with Gasteiger partial charge in [0.05, 0.1) is 39.9 Å². The summed E-state index contributed by atoms with van der Waals surface area (Å²) in [6.07, 6.45) is 15.6. The maximum atomic E-state index is 12.6. The number of nitrogens with zero attached hydrogens (tertiary/aromatic N) is 2. The molecule has 0 bridgehead atoms. The highest BCUT2D eigenvalue weighted by atomic mass is 16.7. The van der Waals surface area contributed by atoms with Crippen molar-refractivity contribution >= 4 is 24.1 Å². The number of hydrogen-bond donors (Lipinski definition) is 4. The quantitative estimate of drug-likeness (QED) is 0.123. The lowest BCUT2D eigenvalue weighted by atomic mass is 10.2. The van der Waals surface area contributed by atoms with Crippen LogP contribution in [-0.4, -0.2) is 88.1 Å². The zero-order valence-electron chi connectivity index (χ0n) is 30.0. The van der Waals surface area contributed by atoms with Gasteiger partial charge in [0, 0.05) is 38.3 Å². The third-order valence-corrected chi connectivity index (χ3v) is 7.67. The summed E-state index contributed by atoms with van der Waals surface area (Å²) in [7, 11) is 0. The van der Waals surface area contributed by atoms with Crippen molar-refractivity contribution in [2.75, 3.05) is 66.1 Å². The number of benzene rings is 2. The zero-order chi connectivity index (χ0) is 35.5. The van der Waals surface area contributed by atoms with Crippen molar-refractivity contribution in [3.8, 4) is 11.5 Å². The van der Waals surface area contributed by atoms with Crippen LogP contribution in [0.15, 0.2) is 60.7 Å². The van der Waals surface area contributed by atoms with Gasteiger partial charge in [-0.15, -0.1) is 10.1 Å². The lowest BCUT2D eigenvalue weighted by Crippen LogP contribution is -2.48. The van der Waals surface area contributed by atoms with Crippen molar-refractivity contribution < 1.29 is 28.7 Å². The van der Waals surface area contributed by atoms with Crippen LogP contribution < -0.4 is 30.7 Å². The molecule has 0 radical (unpaired) electrons. The lowest BCUT2D eigenvalue weighted by molar-refractivity contribution is -0.190. The van der Waals surface area contributed by atoms with E-state index in [4.69, 9.17) is 19.1 Å². The van der Waals surface area contributed by atoms with Crippen molar-refractivity contribution in [2.45, 2.75) is 65.2 Å². The van der Waals surface area contributed by atoms with Crippen molar-refractivity contribution in [2.24, 2.45) is 0 Å². The molecular formula is C38H58N6O6. The Bertz CT molecular complexity index is 1140. The van der Waals surface area contributed by atoms with Crippen LogP contribution in [-0.2, 0) is 19.3 Å². The van der Waals surface area contributed by atoms with Crippen molar-refractivity contribution in [1.29, 1.82) is 0 Å². The lowest BCUT2D eigenvalue weighted by Gasteiger charge is -2.24. The van der Waals surface area contributed by atoms with Crippen LogP contribution in [0, 0.1) is 0 Å². The molecule has 4 N–H and O–H groups in total. The fourth-order valence-electron chi connectivity index (χ4n) is 4.84. The Labute approximate surface area is 298 Å². The maximum Gasteiger partial charge on any atom is 0.349 e. The first-order valence-corrected chi connectivity index (χ1v) is 18.1. The highest BCUT2D eigenvalue weighted by molar-refractivity contribution is 5.87. The Morgan fingerprint density at radius 2 is 0.920 bits per heavy atom. The van der Waals surface area contributed by atoms with Crippen LogP contribution >= 0.6 is 0 Å². The van der Waals surface area contributed by atoms with Crippen molar-refractivity contribution in [1.82, 2.24) is 31.4 Å². The number of carbonyl (C=O) groups excluding carboxylic acids is 2. The summed E-state index contributed by atoms with van der Waals surface area (Å²) in [4.78, 5) is 36.3. The SMILES string of the molecule is CCCCCCOc1ccc(/C=C/C(=O)ON2CNCCNCN(OC(=O)/C=C/c3ccc(OCCCCCC)cc3)CNCCNC2)cc1. The predicted octanol–water partition coefficient (Wildman–Crippen LogP) is 5.05. The summed E-state index contributed by atoms with van der Waals surface area (Å²) in [5, 5.41) is 16.2. The summed E-state index contributed by atoms with van der Waals surface area (Å²) in [6, 6.07) is 15.3. The Morgan fingerprint density at radius 1 is 0.560 bits per heavy atom. The van der Waals surface area contributed by atoms with Gasteiger partial charge in [0.2, 0.25) is 0 Å². The minimum absolute atomic E-state index is 0.335. The van der Waals surface area contributed by atoms with E-state index in [1.165, 1.54) is 50.7 Å². The molecule has 50 heavy (non-hydrogen) atoms. The summed E-state index contributed by atoms with van der Waals surface area (Å²) in [6.45, 7) is 9.56. The fraction of sp³-hybridized carbons (Fsp3) is 0.526. The third-order valence-electron chi connectivity index (χ3n) is 7.67. The minimum Gasteiger partial charge on any atom is -0.494 e. The van der Waals surface area contributed by atoms with E-state index in [0.29, 0.717) is 66.1 Å². The summed E-state index contributed by atoms with van der Waals surface area (Å²) in [5.41, 5.74) is 1.77. The molecule has 0 aliphatic carbocycles. The first-order chi connectivity index (χ1) is 24.6. The van der Waals surface area contributed by atoms with Gasteiger partial charge >= 0.3 is 11.9 Å².